The first-order chi connectivity index (χ1) is 7.25. The van der Waals surface area contributed by atoms with Gasteiger partial charge in [0.05, 0.1) is 5.92 Å². The van der Waals surface area contributed by atoms with Crippen molar-refractivity contribution in [2.45, 2.75) is 51.9 Å². The number of allylic oxidation sites excluding steroid dienone is 2. The summed E-state index contributed by atoms with van der Waals surface area (Å²) in [6.45, 7) is 2.22. The van der Waals surface area contributed by atoms with Crippen LogP contribution in [0.2, 0.25) is 0 Å². The van der Waals surface area contributed by atoms with Gasteiger partial charge in [0, 0.05) is 0 Å². The second-order valence-corrected chi connectivity index (χ2v) is 4.50. The zero-order valence-electron chi connectivity index (χ0n) is 9.61. The lowest BCUT2D eigenvalue weighted by molar-refractivity contribution is -0.138. The Kier molecular flexibility index (Phi) is 5.44. The largest absolute Gasteiger partial charge is 0.481 e. The van der Waals surface area contributed by atoms with E-state index in [1.807, 2.05) is 0 Å². The lowest BCUT2D eigenvalue weighted by Gasteiger charge is -1.94. The smallest absolute Gasteiger partial charge is 0.306 e. The first-order valence-electron chi connectivity index (χ1n) is 6.13. The fraction of sp³-hybridized carbons (Fsp3) is 0.769. The van der Waals surface area contributed by atoms with Crippen LogP contribution in [-0.4, -0.2) is 11.1 Å². The molecule has 2 atom stereocenters. The molecule has 2 nitrogen and oxygen atoms in total. The molecule has 0 spiro atoms. The Hall–Kier alpha value is -0.790. The zero-order chi connectivity index (χ0) is 11.1. The highest BCUT2D eigenvalue weighted by Crippen LogP contribution is 2.41. The first kappa shape index (κ1) is 12.3. The van der Waals surface area contributed by atoms with Gasteiger partial charge in [0.15, 0.2) is 0 Å². The zero-order valence-corrected chi connectivity index (χ0v) is 9.61. The molecule has 1 aliphatic rings. The number of aliphatic carboxylic acids is 1. The highest BCUT2D eigenvalue weighted by Gasteiger charge is 2.41. The molecule has 0 heterocycles. The lowest BCUT2D eigenvalue weighted by Crippen LogP contribution is -1.98. The Bertz CT molecular complexity index is 221. The highest BCUT2D eigenvalue weighted by molar-refractivity contribution is 5.73. The van der Waals surface area contributed by atoms with Crippen LogP contribution in [0.5, 0.6) is 0 Å². The third-order valence-electron chi connectivity index (χ3n) is 3.07. The standard InChI is InChI=1S/C13H22O2/c1-2-3-4-5-6-7-8-9-11-10-12(11)13(14)15/h7-8,11-12H,2-6,9-10H2,1H3,(H,14,15)/b8-7-/t11-,12-/m1/s1. The molecule has 1 rings (SSSR count). The van der Waals surface area contributed by atoms with Crippen molar-refractivity contribution in [2.24, 2.45) is 11.8 Å². The van der Waals surface area contributed by atoms with Crippen LogP contribution in [-0.2, 0) is 4.79 Å². The van der Waals surface area contributed by atoms with Crippen LogP contribution in [0.1, 0.15) is 51.9 Å². The molecule has 0 radical (unpaired) electrons. The van der Waals surface area contributed by atoms with Crippen molar-refractivity contribution in [3.8, 4) is 0 Å². The molecule has 0 aliphatic heterocycles. The van der Waals surface area contributed by atoms with E-state index >= 15 is 0 Å². The van der Waals surface area contributed by atoms with Crippen LogP contribution in [0.4, 0.5) is 0 Å². The molecule has 0 aromatic carbocycles. The van der Waals surface area contributed by atoms with Crippen molar-refractivity contribution >= 4 is 5.97 Å². The molecule has 0 saturated heterocycles. The predicted octanol–water partition coefficient (Wildman–Crippen LogP) is 3.62. The third-order valence-corrected chi connectivity index (χ3v) is 3.07. The van der Waals surface area contributed by atoms with Crippen molar-refractivity contribution in [1.29, 1.82) is 0 Å². The molecule has 0 unspecified atom stereocenters. The number of carboxylic acids is 1. The normalized spacial score (nSPS) is 24.6. The van der Waals surface area contributed by atoms with Gasteiger partial charge < -0.3 is 5.11 Å². The van der Waals surface area contributed by atoms with E-state index in [-0.39, 0.29) is 5.92 Å². The molecule has 0 aromatic heterocycles. The molecule has 2 heteroatoms. The summed E-state index contributed by atoms with van der Waals surface area (Å²) < 4.78 is 0. The second kappa shape index (κ2) is 6.65. The van der Waals surface area contributed by atoms with Gasteiger partial charge in [-0.3, -0.25) is 4.79 Å². The predicted molar refractivity (Wildman–Crippen MR) is 61.7 cm³/mol. The van der Waals surface area contributed by atoms with Crippen LogP contribution in [0.15, 0.2) is 12.2 Å². The fourth-order valence-electron chi connectivity index (χ4n) is 1.89. The second-order valence-electron chi connectivity index (χ2n) is 4.50. The average Bonchev–Trinajstić information content (AvgIpc) is 2.96. The number of carbonyl (C=O) groups is 1. The summed E-state index contributed by atoms with van der Waals surface area (Å²) in [6, 6.07) is 0. The number of rotatable bonds is 8. The maximum atomic E-state index is 10.6. The maximum absolute atomic E-state index is 10.6. The van der Waals surface area contributed by atoms with Crippen LogP contribution < -0.4 is 0 Å². The molecule has 0 bridgehead atoms. The van der Waals surface area contributed by atoms with Crippen molar-refractivity contribution in [2.75, 3.05) is 0 Å². The maximum Gasteiger partial charge on any atom is 0.306 e. The Morgan fingerprint density at radius 3 is 2.73 bits per heavy atom. The Morgan fingerprint density at radius 1 is 1.33 bits per heavy atom. The summed E-state index contributed by atoms with van der Waals surface area (Å²) in [5, 5.41) is 8.70. The number of unbranched alkanes of at least 4 members (excludes halogenated alkanes) is 4. The molecule has 1 aliphatic carbocycles. The molecular formula is C13H22O2. The number of carboxylic acid groups (broad SMARTS) is 1. The quantitative estimate of drug-likeness (QED) is 0.490. The molecule has 86 valence electrons. The van der Waals surface area contributed by atoms with Gasteiger partial charge in [-0.15, -0.1) is 0 Å². The third kappa shape index (κ3) is 5.01. The van der Waals surface area contributed by atoms with Gasteiger partial charge in [-0.2, -0.15) is 0 Å². The van der Waals surface area contributed by atoms with Gasteiger partial charge in [-0.1, -0.05) is 38.3 Å². The van der Waals surface area contributed by atoms with E-state index in [0.717, 1.165) is 19.3 Å². The van der Waals surface area contributed by atoms with Crippen molar-refractivity contribution in [3.63, 3.8) is 0 Å². The minimum atomic E-state index is -0.614. The minimum absolute atomic E-state index is 0.0465. The topological polar surface area (TPSA) is 37.3 Å². The van der Waals surface area contributed by atoms with E-state index in [0.29, 0.717) is 5.92 Å². The molecule has 0 amide bonds. The lowest BCUT2D eigenvalue weighted by atomic mass is 10.1. The number of hydrogen-bond donors (Lipinski definition) is 1. The van der Waals surface area contributed by atoms with Crippen molar-refractivity contribution in [1.82, 2.24) is 0 Å². The van der Waals surface area contributed by atoms with Crippen LogP contribution in [0, 0.1) is 11.8 Å². The van der Waals surface area contributed by atoms with E-state index in [1.54, 1.807) is 0 Å². The summed E-state index contributed by atoms with van der Waals surface area (Å²) >= 11 is 0. The molecule has 0 aromatic rings. The molecule has 1 fully saturated rings. The monoisotopic (exact) mass is 210 g/mol. The van der Waals surface area contributed by atoms with E-state index in [2.05, 4.69) is 19.1 Å². The molecular weight excluding hydrogens is 188 g/mol. The molecule has 1 N–H and O–H groups in total. The van der Waals surface area contributed by atoms with Crippen molar-refractivity contribution < 1.29 is 9.90 Å². The average molecular weight is 210 g/mol. The van der Waals surface area contributed by atoms with Gasteiger partial charge in [-0.25, -0.2) is 0 Å². The van der Waals surface area contributed by atoms with Crippen LogP contribution in [0.25, 0.3) is 0 Å². The Morgan fingerprint density at radius 2 is 2.13 bits per heavy atom. The van der Waals surface area contributed by atoms with E-state index in [1.165, 1.54) is 25.7 Å². The van der Waals surface area contributed by atoms with E-state index in [4.69, 9.17) is 5.11 Å². The van der Waals surface area contributed by atoms with Gasteiger partial charge in [0.25, 0.3) is 0 Å². The van der Waals surface area contributed by atoms with Crippen LogP contribution >= 0.6 is 0 Å². The van der Waals surface area contributed by atoms with Crippen LogP contribution in [0.3, 0.4) is 0 Å². The molecule has 1 saturated carbocycles. The van der Waals surface area contributed by atoms with Crippen molar-refractivity contribution in [3.05, 3.63) is 12.2 Å². The fourth-order valence-corrected chi connectivity index (χ4v) is 1.89. The SMILES string of the molecule is CCCCCC/C=C\C[C@@H]1C[C@H]1C(=O)O. The summed E-state index contributed by atoms with van der Waals surface area (Å²) in [5.74, 6) is -0.236. The minimum Gasteiger partial charge on any atom is -0.481 e. The van der Waals surface area contributed by atoms with Gasteiger partial charge in [0.2, 0.25) is 0 Å². The molecule has 15 heavy (non-hydrogen) atoms. The summed E-state index contributed by atoms with van der Waals surface area (Å²) in [6.07, 6.45) is 12.6. The van der Waals surface area contributed by atoms with Gasteiger partial charge in [0.1, 0.15) is 0 Å². The van der Waals surface area contributed by atoms with Gasteiger partial charge in [-0.05, 0) is 31.6 Å². The Labute approximate surface area is 92.4 Å². The van der Waals surface area contributed by atoms with Gasteiger partial charge >= 0.3 is 5.97 Å². The van der Waals surface area contributed by atoms with E-state index < -0.39 is 5.97 Å². The summed E-state index contributed by atoms with van der Waals surface area (Å²) in [7, 11) is 0. The summed E-state index contributed by atoms with van der Waals surface area (Å²) in [5.41, 5.74) is 0. The van der Waals surface area contributed by atoms with E-state index in [9.17, 15) is 4.79 Å². The highest BCUT2D eigenvalue weighted by atomic mass is 16.4. The number of hydrogen-bond acceptors (Lipinski definition) is 1. The summed E-state index contributed by atoms with van der Waals surface area (Å²) in [4.78, 5) is 10.6. The first-order valence-corrected chi connectivity index (χ1v) is 6.13. The Balaban J connectivity index is 1.92.